The molecule has 2 aromatic rings. The number of aromatic amines is 1. The van der Waals surface area contributed by atoms with Crippen molar-refractivity contribution >= 4 is 28.5 Å². The molecule has 1 aliphatic rings. The van der Waals surface area contributed by atoms with E-state index >= 15 is 0 Å². The molecular formula is C17H21FN4O3. The summed E-state index contributed by atoms with van der Waals surface area (Å²) in [5.41, 5.74) is 0.496. The van der Waals surface area contributed by atoms with Gasteiger partial charge >= 0.3 is 0 Å². The van der Waals surface area contributed by atoms with Gasteiger partial charge in [0.05, 0.1) is 29.5 Å². The molecule has 2 heterocycles. The fraction of sp³-hybridized carbons (Fsp3) is 0.471. The number of nitrogens with zero attached hydrogens (tertiary/aromatic N) is 2. The van der Waals surface area contributed by atoms with E-state index in [0.717, 1.165) is 0 Å². The molecule has 0 spiro atoms. The van der Waals surface area contributed by atoms with E-state index in [1.54, 1.807) is 12.1 Å². The van der Waals surface area contributed by atoms with Gasteiger partial charge in [-0.1, -0.05) is 19.9 Å². The quantitative estimate of drug-likeness (QED) is 0.756. The molecular weight excluding hydrogens is 327 g/mol. The van der Waals surface area contributed by atoms with E-state index in [1.165, 1.54) is 11.0 Å². The van der Waals surface area contributed by atoms with Crippen molar-refractivity contribution in [1.29, 1.82) is 0 Å². The highest BCUT2D eigenvalue weighted by Gasteiger charge is 2.38. The first-order valence-corrected chi connectivity index (χ1v) is 8.26. The molecule has 0 radical (unpaired) electrons. The van der Waals surface area contributed by atoms with Gasteiger partial charge in [0.15, 0.2) is 5.82 Å². The number of aliphatic hydroxyl groups is 1. The highest BCUT2D eigenvalue weighted by molar-refractivity contribution is 6.05. The molecule has 3 rings (SSSR count). The van der Waals surface area contributed by atoms with Gasteiger partial charge in [-0.05, 0) is 18.1 Å². The number of aromatic nitrogens is 2. The topological polar surface area (TPSA) is 98.3 Å². The van der Waals surface area contributed by atoms with Gasteiger partial charge in [0.2, 0.25) is 11.8 Å². The van der Waals surface area contributed by atoms with Gasteiger partial charge in [-0.25, -0.2) is 4.39 Å². The molecule has 1 fully saturated rings. The summed E-state index contributed by atoms with van der Waals surface area (Å²) in [7, 11) is 0. The van der Waals surface area contributed by atoms with Gasteiger partial charge < -0.3 is 10.4 Å². The van der Waals surface area contributed by atoms with Crippen molar-refractivity contribution in [3.8, 4) is 0 Å². The third kappa shape index (κ3) is 3.21. The van der Waals surface area contributed by atoms with Crippen LogP contribution in [0.15, 0.2) is 18.2 Å². The van der Waals surface area contributed by atoms with Crippen molar-refractivity contribution in [2.24, 2.45) is 11.8 Å². The number of fused-ring (bicyclic) bond motifs is 1. The Balaban J connectivity index is 1.79. The van der Waals surface area contributed by atoms with E-state index in [-0.39, 0.29) is 54.6 Å². The number of halogens is 1. The summed E-state index contributed by atoms with van der Waals surface area (Å²) in [5.74, 6) is -1.31. The molecule has 2 atom stereocenters. The molecule has 1 aromatic carbocycles. The minimum Gasteiger partial charge on any atom is -0.394 e. The van der Waals surface area contributed by atoms with Crippen LogP contribution in [-0.4, -0.2) is 46.3 Å². The Morgan fingerprint density at radius 3 is 2.96 bits per heavy atom. The van der Waals surface area contributed by atoms with Crippen molar-refractivity contribution < 1.29 is 19.1 Å². The molecule has 2 amide bonds. The van der Waals surface area contributed by atoms with Gasteiger partial charge in [-0.15, -0.1) is 0 Å². The van der Waals surface area contributed by atoms with Gasteiger partial charge in [0, 0.05) is 13.0 Å². The van der Waals surface area contributed by atoms with Crippen LogP contribution in [0.1, 0.15) is 20.3 Å². The Bertz CT molecular complexity index is 804. The highest BCUT2D eigenvalue weighted by Crippen LogP contribution is 2.31. The van der Waals surface area contributed by atoms with Crippen LogP contribution in [0.5, 0.6) is 0 Å². The fourth-order valence-corrected chi connectivity index (χ4v) is 3.02. The summed E-state index contributed by atoms with van der Waals surface area (Å²) in [6, 6.07) is 4.18. The number of rotatable bonds is 5. The predicted octanol–water partition coefficient (Wildman–Crippen LogP) is 1.19. The molecule has 1 aromatic heterocycles. The highest BCUT2D eigenvalue weighted by atomic mass is 19.1. The molecule has 7 nitrogen and oxygen atoms in total. The zero-order chi connectivity index (χ0) is 18.1. The molecule has 3 N–H and O–H groups in total. The second kappa shape index (κ2) is 6.79. The number of hydrogen-bond acceptors (Lipinski definition) is 4. The summed E-state index contributed by atoms with van der Waals surface area (Å²) in [4.78, 5) is 26.1. The summed E-state index contributed by atoms with van der Waals surface area (Å²) in [6.07, 6.45) is 0.0326. The zero-order valence-electron chi connectivity index (χ0n) is 14.1. The molecule has 134 valence electrons. The monoisotopic (exact) mass is 348 g/mol. The molecule has 0 saturated carbocycles. The Morgan fingerprint density at radius 1 is 1.52 bits per heavy atom. The fourth-order valence-electron chi connectivity index (χ4n) is 3.02. The van der Waals surface area contributed by atoms with Crippen LogP contribution in [0.25, 0.3) is 10.9 Å². The first kappa shape index (κ1) is 17.3. The Kier molecular flexibility index (Phi) is 4.71. The molecule has 2 unspecified atom stereocenters. The Morgan fingerprint density at radius 2 is 2.28 bits per heavy atom. The van der Waals surface area contributed by atoms with E-state index in [0.29, 0.717) is 5.52 Å². The van der Waals surface area contributed by atoms with Crippen LogP contribution in [0, 0.1) is 17.7 Å². The van der Waals surface area contributed by atoms with Gasteiger partial charge in [-0.3, -0.25) is 19.6 Å². The lowest BCUT2D eigenvalue weighted by molar-refractivity contribution is -0.127. The first-order chi connectivity index (χ1) is 11.9. The number of aliphatic hydroxyl groups excluding tert-OH is 1. The minimum atomic E-state index is -0.557. The van der Waals surface area contributed by atoms with Crippen molar-refractivity contribution in [3.05, 3.63) is 24.0 Å². The minimum absolute atomic E-state index is 0.0326. The summed E-state index contributed by atoms with van der Waals surface area (Å²) in [6.45, 7) is 3.76. The number of H-pyrrole nitrogens is 1. The van der Waals surface area contributed by atoms with Gasteiger partial charge in [-0.2, -0.15) is 5.10 Å². The number of carbonyl (C=O) groups is 2. The van der Waals surface area contributed by atoms with E-state index in [2.05, 4.69) is 15.5 Å². The van der Waals surface area contributed by atoms with E-state index < -0.39 is 11.7 Å². The standard InChI is InChI=1S/C17H21FN4O3/c1-9(2)13(8-23)19-17(25)10-6-14(24)22(7-10)16-15-11(18)4-3-5-12(15)20-21-16/h3-5,9-10,13,23H,6-8H2,1-2H3,(H,19,25)(H,20,21). The summed E-state index contributed by atoms with van der Waals surface area (Å²) in [5, 5.41) is 19.1. The smallest absolute Gasteiger partial charge is 0.229 e. The third-order valence-electron chi connectivity index (χ3n) is 4.60. The van der Waals surface area contributed by atoms with E-state index in [1.807, 2.05) is 13.8 Å². The van der Waals surface area contributed by atoms with Crippen LogP contribution in [0.3, 0.4) is 0 Å². The number of benzene rings is 1. The SMILES string of the molecule is CC(C)C(CO)NC(=O)C1CC(=O)N(c2n[nH]c3cccc(F)c23)C1. The number of hydrogen-bond donors (Lipinski definition) is 3. The third-order valence-corrected chi connectivity index (χ3v) is 4.60. The predicted molar refractivity (Wildman–Crippen MR) is 90.4 cm³/mol. The van der Waals surface area contributed by atoms with Gasteiger partial charge in [0.25, 0.3) is 0 Å². The average Bonchev–Trinajstić information content (AvgIpc) is 3.16. The van der Waals surface area contributed by atoms with Gasteiger partial charge in [0.1, 0.15) is 5.82 Å². The lowest BCUT2D eigenvalue weighted by Gasteiger charge is -2.22. The van der Waals surface area contributed by atoms with Crippen molar-refractivity contribution in [1.82, 2.24) is 15.5 Å². The van der Waals surface area contributed by atoms with E-state index in [9.17, 15) is 19.1 Å². The average molecular weight is 348 g/mol. The van der Waals surface area contributed by atoms with Crippen LogP contribution in [-0.2, 0) is 9.59 Å². The number of anilines is 1. The summed E-state index contributed by atoms with van der Waals surface area (Å²) < 4.78 is 14.1. The lowest BCUT2D eigenvalue weighted by atomic mass is 10.0. The van der Waals surface area contributed by atoms with Crippen molar-refractivity contribution in [2.75, 3.05) is 18.1 Å². The van der Waals surface area contributed by atoms with Crippen molar-refractivity contribution in [2.45, 2.75) is 26.3 Å². The molecule has 0 bridgehead atoms. The largest absolute Gasteiger partial charge is 0.394 e. The second-order valence-corrected chi connectivity index (χ2v) is 6.66. The van der Waals surface area contributed by atoms with Crippen LogP contribution < -0.4 is 10.2 Å². The Labute approximate surface area is 144 Å². The summed E-state index contributed by atoms with van der Waals surface area (Å²) >= 11 is 0. The Hall–Kier alpha value is -2.48. The molecule has 0 aliphatic carbocycles. The van der Waals surface area contributed by atoms with Crippen LogP contribution in [0.4, 0.5) is 10.2 Å². The molecule has 8 heteroatoms. The molecule has 1 aliphatic heterocycles. The van der Waals surface area contributed by atoms with E-state index in [4.69, 9.17) is 0 Å². The molecule has 1 saturated heterocycles. The maximum Gasteiger partial charge on any atom is 0.229 e. The molecule has 25 heavy (non-hydrogen) atoms. The first-order valence-electron chi connectivity index (χ1n) is 8.26. The zero-order valence-corrected chi connectivity index (χ0v) is 14.1. The van der Waals surface area contributed by atoms with Crippen LogP contribution >= 0.6 is 0 Å². The number of carbonyl (C=O) groups excluding carboxylic acids is 2. The maximum atomic E-state index is 14.1. The van der Waals surface area contributed by atoms with Crippen LogP contribution in [0.2, 0.25) is 0 Å². The number of amides is 2. The van der Waals surface area contributed by atoms with Crippen molar-refractivity contribution in [3.63, 3.8) is 0 Å². The lowest BCUT2D eigenvalue weighted by Crippen LogP contribution is -2.44. The second-order valence-electron chi connectivity index (χ2n) is 6.66. The number of nitrogens with one attached hydrogen (secondary N) is 2. The normalized spacial score (nSPS) is 19.0. The maximum absolute atomic E-state index is 14.1.